The molecule has 0 aliphatic carbocycles. The first-order valence-electron chi connectivity index (χ1n) is 7.48. The Hall–Kier alpha value is -1.33. The van der Waals surface area contributed by atoms with Crippen LogP contribution in [-0.2, 0) is 14.3 Å². The fourth-order valence-electron chi connectivity index (χ4n) is 2.42. The predicted molar refractivity (Wildman–Crippen MR) is 76.7 cm³/mol. The van der Waals surface area contributed by atoms with E-state index in [4.69, 9.17) is 9.47 Å². The molecule has 1 fully saturated rings. The Morgan fingerprint density at radius 1 is 1.33 bits per heavy atom. The molecule has 2 atom stereocenters. The smallest absolute Gasteiger partial charge is 0.410 e. The number of carbonyl (C=O) groups is 2. The summed E-state index contributed by atoms with van der Waals surface area (Å²) >= 11 is 0. The minimum atomic E-state index is -2.14. The summed E-state index contributed by atoms with van der Waals surface area (Å²) in [5.41, 5.74) is -2.80. The molecule has 0 radical (unpaired) electrons. The molecule has 0 N–H and O–H groups in total. The molecule has 0 aromatic carbocycles. The Labute approximate surface area is 125 Å². The van der Waals surface area contributed by atoms with E-state index in [0.29, 0.717) is 12.8 Å². The zero-order valence-corrected chi connectivity index (χ0v) is 13.6. The lowest BCUT2D eigenvalue weighted by Crippen LogP contribution is -2.57. The van der Waals surface area contributed by atoms with Crippen LogP contribution >= 0.6 is 0 Å². The van der Waals surface area contributed by atoms with E-state index in [1.54, 1.807) is 27.7 Å². The van der Waals surface area contributed by atoms with Gasteiger partial charge < -0.3 is 14.4 Å². The van der Waals surface area contributed by atoms with E-state index in [0.717, 1.165) is 0 Å². The Kier molecular flexibility index (Phi) is 5.59. The van der Waals surface area contributed by atoms with Crippen LogP contribution < -0.4 is 0 Å². The molecule has 1 aliphatic heterocycles. The van der Waals surface area contributed by atoms with Gasteiger partial charge in [-0.2, -0.15) is 0 Å². The fourth-order valence-corrected chi connectivity index (χ4v) is 2.42. The van der Waals surface area contributed by atoms with Crippen LogP contribution in [0.5, 0.6) is 0 Å². The molecule has 122 valence electrons. The van der Waals surface area contributed by atoms with Crippen molar-refractivity contribution in [2.75, 3.05) is 13.2 Å². The van der Waals surface area contributed by atoms with Crippen molar-refractivity contribution in [2.45, 2.75) is 71.2 Å². The van der Waals surface area contributed by atoms with E-state index < -0.39 is 23.3 Å². The molecule has 0 aromatic heterocycles. The molecule has 0 bridgehead atoms. The second kappa shape index (κ2) is 6.62. The number of halogens is 1. The van der Waals surface area contributed by atoms with Crippen molar-refractivity contribution in [3.63, 3.8) is 0 Å². The number of piperidine rings is 1. The summed E-state index contributed by atoms with van der Waals surface area (Å²) in [6, 6.07) is -0.113. The monoisotopic (exact) mass is 303 g/mol. The van der Waals surface area contributed by atoms with Crippen molar-refractivity contribution in [2.24, 2.45) is 0 Å². The molecule has 5 nitrogen and oxygen atoms in total. The molecule has 0 spiro atoms. The van der Waals surface area contributed by atoms with Crippen LogP contribution in [0.15, 0.2) is 0 Å². The summed E-state index contributed by atoms with van der Waals surface area (Å²) in [7, 11) is 0. The van der Waals surface area contributed by atoms with Crippen molar-refractivity contribution in [3.05, 3.63) is 0 Å². The van der Waals surface area contributed by atoms with Gasteiger partial charge in [0.25, 0.3) is 0 Å². The van der Waals surface area contributed by atoms with Crippen LogP contribution in [-0.4, -0.2) is 47.4 Å². The lowest BCUT2D eigenvalue weighted by atomic mass is 9.89. The minimum Gasteiger partial charge on any atom is -0.464 e. The molecule has 0 aromatic rings. The normalized spacial score (nSPS) is 26.4. The average molecular weight is 303 g/mol. The van der Waals surface area contributed by atoms with E-state index in [-0.39, 0.29) is 25.6 Å². The molecular weight excluding hydrogens is 277 g/mol. The lowest BCUT2D eigenvalue weighted by Gasteiger charge is -2.41. The van der Waals surface area contributed by atoms with Crippen LogP contribution in [0.4, 0.5) is 9.18 Å². The molecule has 2 unspecified atom stereocenters. The van der Waals surface area contributed by atoms with Gasteiger partial charge in [0.05, 0.1) is 13.2 Å². The molecule has 1 aliphatic rings. The lowest BCUT2D eigenvalue weighted by molar-refractivity contribution is -0.162. The summed E-state index contributed by atoms with van der Waals surface area (Å²) in [6.45, 7) is 8.63. The van der Waals surface area contributed by atoms with Crippen molar-refractivity contribution < 1.29 is 23.5 Å². The SMILES string of the molecule is CCOC(=O)C1(F)CCC(CC)N(C(=O)OC(C)(C)C)C1. The Balaban J connectivity index is 2.87. The van der Waals surface area contributed by atoms with Crippen LogP contribution in [0, 0.1) is 0 Å². The molecular formula is C15H26FNO4. The van der Waals surface area contributed by atoms with E-state index in [1.165, 1.54) is 4.90 Å². The second-order valence-electron chi connectivity index (χ2n) is 6.39. The quantitative estimate of drug-likeness (QED) is 0.752. The first kappa shape index (κ1) is 17.7. The number of likely N-dealkylation sites (tertiary alicyclic amines) is 1. The zero-order valence-electron chi connectivity index (χ0n) is 13.6. The summed E-state index contributed by atoms with van der Waals surface area (Å²) in [5, 5.41) is 0. The second-order valence-corrected chi connectivity index (χ2v) is 6.39. The van der Waals surface area contributed by atoms with Crippen LogP contribution in [0.3, 0.4) is 0 Å². The number of ether oxygens (including phenoxy) is 2. The number of amides is 1. The number of nitrogens with zero attached hydrogens (tertiary/aromatic N) is 1. The zero-order chi connectivity index (χ0) is 16.3. The van der Waals surface area contributed by atoms with Crippen LogP contribution in [0.1, 0.15) is 53.9 Å². The molecule has 21 heavy (non-hydrogen) atoms. The first-order chi connectivity index (χ1) is 9.63. The molecule has 1 saturated heterocycles. The van der Waals surface area contributed by atoms with E-state index in [2.05, 4.69) is 0 Å². The van der Waals surface area contributed by atoms with Crippen molar-refractivity contribution in [1.29, 1.82) is 0 Å². The van der Waals surface area contributed by atoms with Gasteiger partial charge in [0.15, 0.2) is 0 Å². The number of rotatable bonds is 3. The summed E-state index contributed by atoms with van der Waals surface area (Å²) < 4.78 is 24.9. The highest BCUT2D eigenvalue weighted by molar-refractivity contribution is 5.81. The van der Waals surface area contributed by atoms with Crippen molar-refractivity contribution >= 4 is 12.1 Å². The van der Waals surface area contributed by atoms with Gasteiger partial charge >= 0.3 is 12.1 Å². The molecule has 6 heteroatoms. The Morgan fingerprint density at radius 3 is 2.43 bits per heavy atom. The van der Waals surface area contributed by atoms with Crippen LogP contribution in [0.2, 0.25) is 0 Å². The number of hydrogen-bond acceptors (Lipinski definition) is 4. The predicted octanol–water partition coefficient (Wildman–Crippen LogP) is 3.07. The Bertz CT molecular complexity index is 394. The number of hydrogen-bond donors (Lipinski definition) is 0. The standard InChI is InChI=1S/C15H26FNO4/c1-6-11-8-9-15(16,12(18)20-7-2)10-17(11)13(19)21-14(3,4)5/h11H,6-10H2,1-5H3. The average Bonchev–Trinajstić information content (AvgIpc) is 2.37. The maximum Gasteiger partial charge on any atom is 0.410 e. The van der Waals surface area contributed by atoms with Gasteiger partial charge in [-0.3, -0.25) is 0 Å². The van der Waals surface area contributed by atoms with Gasteiger partial charge in [-0.25, -0.2) is 14.0 Å². The first-order valence-corrected chi connectivity index (χ1v) is 7.48. The summed E-state index contributed by atoms with van der Waals surface area (Å²) in [6.07, 6.45) is 0.604. The van der Waals surface area contributed by atoms with Gasteiger partial charge in [-0.1, -0.05) is 6.92 Å². The number of alkyl halides is 1. The maximum absolute atomic E-state index is 14.8. The third-order valence-corrected chi connectivity index (χ3v) is 3.48. The highest BCUT2D eigenvalue weighted by Crippen LogP contribution is 2.32. The fraction of sp³-hybridized carbons (Fsp3) is 0.867. The molecule has 1 rings (SSSR count). The van der Waals surface area contributed by atoms with Gasteiger partial charge in [0, 0.05) is 6.04 Å². The van der Waals surface area contributed by atoms with E-state index in [1.807, 2.05) is 6.92 Å². The third kappa shape index (κ3) is 4.58. The minimum absolute atomic E-state index is 0.0731. The molecule has 1 heterocycles. The summed E-state index contributed by atoms with van der Waals surface area (Å²) in [4.78, 5) is 25.4. The third-order valence-electron chi connectivity index (χ3n) is 3.48. The summed E-state index contributed by atoms with van der Waals surface area (Å²) in [5.74, 6) is -0.895. The molecule has 1 amide bonds. The Morgan fingerprint density at radius 2 is 1.95 bits per heavy atom. The van der Waals surface area contributed by atoms with Gasteiger partial charge in [-0.05, 0) is 47.0 Å². The van der Waals surface area contributed by atoms with Gasteiger partial charge in [-0.15, -0.1) is 0 Å². The van der Waals surface area contributed by atoms with E-state index >= 15 is 0 Å². The maximum atomic E-state index is 14.8. The van der Waals surface area contributed by atoms with Gasteiger partial charge in [0.1, 0.15) is 5.60 Å². The van der Waals surface area contributed by atoms with Crippen molar-refractivity contribution in [3.8, 4) is 0 Å². The number of esters is 1. The largest absolute Gasteiger partial charge is 0.464 e. The highest BCUT2D eigenvalue weighted by atomic mass is 19.1. The highest BCUT2D eigenvalue weighted by Gasteiger charge is 2.48. The van der Waals surface area contributed by atoms with E-state index in [9.17, 15) is 14.0 Å². The topological polar surface area (TPSA) is 55.8 Å². The molecule has 0 saturated carbocycles. The number of carbonyl (C=O) groups excluding carboxylic acids is 2. The van der Waals surface area contributed by atoms with Crippen LogP contribution in [0.25, 0.3) is 0 Å². The van der Waals surface area contributed by atoms with Gasteiger partial charge in [0.2, 0.25) is 5.67 Å². The van der Waals surface area contributed by atoms with Crippen molar-refractivity contribution in [1.82, 2.24) is 4.90 Å².